The number of halogens is 1. The highest BCUT2D eigenvalue weighted by molar-refractivity contribution is 5.99. The van der Waals surface area contributed by atoms with Gasteiger partial charge in [-0.1, -0.05) is 6.92 Å². The molecule has 2 amide bonds. The summed E-state index contributed by atoms with van der Waals surface area (Å²) in [5.74, 6) is 1.63. The zero-order valence-electron chi connectivity index (χ0n) is 13.5. The molecule has 2 aromatic rings. The maximum atomic E-state index is 12.9. The molecule has 1 saturated heterocycles. The highest BCUT2D eigenvalue weighted by Crippen LogP contribution is 2.22. The second-order valence-corrected chi connectivity index (χ2v) is 6.02. The van der Waals surface area contributed by atoms with Gasteiger partial charge in [-0.2, -0.15) is 0 Å². The quantitative estimate of drug-likeness (QED) is 0.904. The molecule has 7 heteroatoms. The Morgan fingerprint density at radius 1 is 1.17 bits per heavy atom. The van der Waals surface area contributed by atoms with Gasteiger partial charge >= 0.3 is 6.03 Å². The Bertz CT molecular complexity index is 698. The van der Waals surface area contributed by atoms with Crippen LogP contribution in [0.3, 0.4) is 0 Å². The van der Waals surface area contributed by atoms with Gasteiger partial charge in [0.2, 0.25) is 0 Å². The molecule has 2 heterocycles. The molecule has 2 N–H and O–H groups in total. The number of rotatable bonds is 3. The normalized spacial score (nSPS) is 15.2. The summed E-state index contributed by atoms with van der Waals surface area (Å²) >= 11 is 0. The fraction of sp³-hybridized carbons (Fsp3) is 0.353. The van der Waals surface area contributed by atoms with E-state index in [9.17, 15) is 9.18 Å². The molecule has 1 fully saturated rings. The standard InChI is InChI=1S/C17H20FN5O/c1-12-6-8-23(9-7-12)16-10-15(19-11-20-16)22-17(24)21-14-4-2-13(18)3-5-14/h2-5,10-12H,6-9H2,1H3,(H2,19,20,21,22,24). The number of aromatic nitrogens is 2. The summed E-state index contributed by atoms with van der Waals surface area (Å²) in [7, 11) is 0. The summed E-state index contributed by atoms with van der Waals surface area (Å²) in [6, 6.07) is 6.90. The number of urea groups is 1. The van der Waals surface area contributed by atoms with Crippen molar-refractivity contribution in [1.29, 1.82) is 0 Å². The van der Waals surface area contributed by atoms with Gasteiger partial charge in [0.1, 0.15) is 23.8 Å². The van der Waals surface area contributed by atoms with E-state index in [0.29, 0.717) is 11.5 Å². The summed E-state index contributed by atoms with van der Waals surface area (Å²) in [4.78, 5) is 22.6. The van der Waals surface area contributed by atoms with Crippen LogP contribution < -0.4 is 15.5 Å². The molecule has 0 bridgehead atoms. The van der Waals surface area contributed by atoms with E-state index in [2.05, 4.69) is 32.4 Å². The van der Waals surface area contributed by atoms with Crippen LogP contribution in [0.4, 0.5) is 26.5 Å². The van der Waals surface area contributed by atoms with Gasteiger partial charge in [-0.3, -0.25) is 5.32 Å². The SMILES string of the molecule is CC1CCN(c2cc(NC(=O)Nc3ccc(F)cc3)ncn2)CC1. The summed E-state index contributed by atoms with van der Waals surface area (Å²) < 4.78 is 12.9. The van der Waals surface area contributed by atoms with Crippen molar-refractivity contribution in [3.63, 3.8) is 0 Å². The highest BCUT2D eigenvalue weighted by Gasteiger charge is 2.17. The lowest BCUT2D eigenvalue weighted by molar-refractivity contribution is 0.262. The number of hydrogen-bond acceptors (Lipinski definition) is 4. The lowest BCUT2D eigenvalue weighted by Gasteiger charge is -2.31. The Kier molecular flexibility index (Phi) is 4.88. The second kappa shape index (κ2) is 7.25. The summed E-state index contributed by atoms with van der Waals surface area (Å²) in [5, 5.41) is 5.30. The maximum absolute atomic E-state index is 12.9. The van der Waals surface area contributed by atoms with Crippen LogP contribution in [0.1, 0.15) is 19.8 Å². The lowest BCUT2D eigenvalue weighted by atomic mass is 9.99. The molecule has 0 unspecified atom stereocenters. The van der Waals surface area contributed by atoms with E-state index in [1.165, 1.54) is 30.6 Å². The molecule has 0 saturated carbocycles. The molecule has 24 heavy (non-hydrogen) atoms. The largest absolute Gasteiger partial charge is 0.356 e. The number of nitrogens with zero attached hydrogens (tertiary/aromatic N) is 3. The Morgan fingerprint density at radius 2 is 1.88 bits per heavy atom. The minimum Gasteiger partial charge on any atom is -0.356 e. The van der Waals surface area contributed by atoms with Crippen LogP contribution >= 0.6 is 0 Å². The minimum absolute atomic E-state index is 0.350. The maximum Gasteiger partial charge on any atom is 0.324 e. The van der Waals surface area contributed by atoms with Crippen LogP contribution in [-0.4, -0.2) is 29.1 Å². The third-order valence-corrected chi connectivity index (χ3v) is 4.10. The molecule has 1 aliphatic rings. The topological polar surface area (TPSA) is 70.2 Å². The van der Waals surface area contributed by atoms with Gasteiger partial charge in [-0.25, -0.2) is 19.2 Å². The predicted octanol–water partition coefficient (Wildman–Crippen LogP) is 3.50. The van der Waals surface area contributed by atoms with Crippen molar-refractivity contribution in [2.45, 2.75) is 19.8 Å². The molecule has 1 aliphatic heterocycles. The zero-order valence-corrected chi connectivity index (χ0v) is 13.5. The van der Waals surface area contributed by atoms with Crippen molar-refractivity contribution in [2.24, 2.45) is 5.92 Å². The number of carbonyl (C=O) groups is 1. The van der Waals surface area contributed by atoms with Gasteiger partial charge in [-0.05, 0) is 43.0 Å². The van der Waals surface area contributed by atoms with Crippen LogP contribution in [-0.2, 0) is 0 Å². The van der Waals surface area contributed by atoms with E-state index in [0.717, 1.165) is 37.7 Å². The molecule has 0 aliphatic carbocycles. The Balaban J connectivity index is 1.61. The highest BCUT2D eigenvalue weighted by atomic mass is 19.1. The number of hydrogen-bond donors (Lipinski definition) is 2. The van der Waals surface area contributed by atoms with E-state index < -0.39 is 6.03 Å². The van der Waals surface area contributed by atoms with Gasteiger partial charge in [0.15, 0.2) is 0 Å². The van der Waals surface area contributed by atoms with Gasteiger partial charge in [-0.15, -0.1) is 0 Å². The fourth-order valence-electron chi connectivity index (χ4n) is 2.64. The van der Waals surface area contributed by atoms with Crippen LogP contribution in [0.15, 0.2) is 36.7 Å². The van der Waals surface area contributed by atoms with E-state index in [1.54, 1.807) is 6.07 Å². The Hall–Kier alpha value is -2.70. The molecule has 3 rings (SSSR count). The molecule has 0 radical (unpaired) electrons. The van der Waals surface area contributed by atoms with E-state index in [1.807, 2.05) is 0 Å². The molecular formula is C17H20FN5O. The molecule has 126 valence electrons. The second-order valence-electron chi connectivity index (χ2n) is 6.02. The molecule has 0 spiro atoms. The van der Waals surface area contributed by atoms with Crippen LogP contribution in [0.25, 0.3) is 0 Å². The van der Waals surface area contributed by atoms with E-state index in [4.69, 9.17) is 0 Å². The molecular weight excluding hydrogens is 309 g/mol. The number of nitrogens with one attached hydrogen (secondary N) is 2. The van der Waals surface area contributed by atoms with Crippen molar-refractivity contribution in [2.75, 3.05) is 28.6 Å². The number of amides is 2. The van der Waals surface area contributed by atoms with Crippen molar-refractivity contribution in [3.8, 4) is 0 Å². The number of carbonyl (C=O) groups excluding carboxylic acids is 1. The first-order chi connectivity index (χ1) is 11.6. The third kappa shape index (κ3) is 4.18. The van der Waals surface area contributed by atoms with Crippen molar-refractivity contribution < 1.29 is 9.18 Å². The Morgan fingerprint density at radius 3 is 2.58 bits per heavy atom. The predicted molar refractivity (Wildman–Crippen MR) is 91.7 cm³/mol. The van der Waals surface area contributed by atoms with E-state index in [-0.39, 0.29) is 5.82 Å². The molecule has 6 nitrogen and oxygen atoms in total. The van der Waals surface area contributed by atoms with Crippen LogP contribution in [0.5, 0.6) is 0 Å². The van der Waals surface area contributed by atoms with Crippen molar-refractivity contribution in [1.82, 2.24) is 9.97 Å². The van der Waals surface area contributed by atoms with Gasteiger partial charge in [0.05, 0.1) is 0 Å². The van der Waals surface area contributed by atoms with E-state index >= 15 is 0 Å². The fourth-order valence-corrected chi connectivity index (χ4v) is 2.64. The third-order valence-electron chi connectivity index (χ3n) is 4.10. The number of piperidine rings is 1. The van der Waals surface area contributed by atoms with Crippen molar-refractivity contribution >= 4 is 23.4 Å². The average Bonchev–Trinajstić information content (AvgIpc) is 2.58. The molecule has 0 atom stereocenters. The summed E-state index contributed by atoms with van der Waals surface area (Å²) in [6.07, 6.45) is 3.72. The van der Waals surface area contributed by atoms with Crippen LogP contribution in [0, 0.1) is 11.7 Å². The Labute approximate surface area is 140 Å². The monoisotopic (exact) mass is 329 g/mol. The smallest absolute Gasteiger partial charge is 0.324 e. The first-order valence-electron chi connectivity index (χ1n) is 8.01. The van der Waals surface area contributed by atoms with Gasteiger partial charge in [0, 0.05) is 24.8 Å². The lowest BCUT2D eigenvalue weighted by Crippen LogP contribution is -2.33. The van der Waals surface area contributed by atoms with Crippen molar-refractivity contribution in [3.05, 3.63) is 42.5 Å². The minimum atomic E-state index is -0.432. The summed E-state index contributed by atoms with van der Waals surface area (Å²) in [6.45, 7) is 4.17. The first-order valence-corrected chi connectivity index (χ1v) is 8.01. The number of benzene rings is 1. The number of anilines is 3. The molecule has 1 aromatic carbocycles. The molecule has 1 aromatic heterocycles. The summed E-state index contributed by atoms with van der Waals surface area (Å²) in [5.41, 5.74) is 0.508. The van der Waals surface area contributed by atoms with Gasteiger partial charge < -0.3 is 10.2 Å². The first kappa shape index (κ1) is 16.2. The van der Waals surface area contributed by atoms with Gasteiger partial charge in [0.25, 0.3) is 0 Å². The van der Waals surface area contributed by atoms with Crippen LogP contribution in [0.2, 0.25) is 0 Å². The zero-order chi connectivity index (χ0) is 16.9. The average molecular weight is 329 g/mol.